The lowest BCUT2D eigenvalue weighted by Gasteiger charge is -2.11. The molecule has 0 aliphatic carbocycles. The van der Waals surface area contributed by atoms with Crippen LogP contribution in [0.25, 0.3) is 0 Å². The Kier molecular flexibility index (Phi) is 4.69. The number of aryl methyl sites for hydroxylation is 1. The van der Waals surface area contributed by atoms with Crippen LogP contribution in [0.5, 0.6) is 0 Å². The average Bonchev–Trinajstić information content (AvgIpc) is 2.96. The molecule has 2 aromatic rings. The van der Waals surface area contributed by atoms with Crippen LogP contribution in [0.3, 0.4) is 0 Å². The van der Waals surface area contributed by atoms with E-state index in [1.807, 2.05) is 30.3 Å². The molecule has 0 aliphatic heterocycles. The molecule has 0 fully saturated rings. The van der Waals surface area contributed by atoms with Gasteiger partial charge in [0.2, 0.25) is 5.91 Å². The van der Waals surface area contributed by atoms with Crippen molar-refractivity contribution >= 4 is 5.91 Å². The zero-order valence-corrected chi connectivity index (χ0v) is 10.6. The van der Waals surface area contributed by atoms with E-state index < -0.39 is 6.04 Å². The number of hydrogen-bond donors (Lipinski definition) is 2. The third kappa shape index (κ3) is 4.22. The molecule has 0 saturated carbocycles. The summed E-state index contributed by atoms with van der Waals surface area (Å²) >= 11 is 0. The van der Waals surface area contributed by atoms with E-state index in [2.05, 4.69) is 10.5 Å². The summed E-state index contributed by atoms with van der Waals surface area (Å²) < 4.78 is 4.89. The highest BCUT2D eigenvalue weighted by molar-refractivity contribution is 5.81. The van der Waals surface area contributed by atoms with Gasteiger partial charge in [0.25, 0.3) is 0 Å². The highest BCUT2D eigenvalue weighted by Gasteiger charge is 2.13. The first-order chi connectivity index (χ1) is 9.25. The Morgan fingerprint density at radius 3 is 2.79 bits per heavy atom. The maximum absolute atomic E-state index is 11.8. The van der Waals surface area contributed by atoms with Crippen molar-refractivity contribution < 1.29 is 9.32 Å². The van der Waals surface area contributed by atoms with Crippen molar-refractivity contribution in [2.24, 2.45) is 5.73 Å². The fraction of sp³-hybridized carbons (Fsp3) is 0.286. The monoisotopic (exact) mass is 259 g/mol. The van der Waals surface area contributed by atoms with Gasteiger partial charge in [0, 0.05) is 6.07 Å². The fourth-order valence-corrected chi connectivity index (χ4v) is 1.74. The fourth-order valence-electron chi connectivity index (χ4n) is 1.74. The molecule has 0 unspecified atom stereocenters. The van der Waals surface area contributed by atoms with Crippen LogP contribution in [0.15, 0.2) is 47.1 Å². The van der Waals surface area contributed by atoms with E-state index in [9.17, 15) is 4.79 Å². The van der Waals surface area contributed by atoms with Crippen LogP contribution in [0, 0.1) is 0 Å². The number of nitrogens with two attached hydrogens (primary N) is 1. The lowest BCUT2D eigenvalue weighted by atomic mass is 10.1. The molecule has 3 N–H and O–H groups in total. The highest BCUT2D eigenvalue weighted by atomic mass is 16.5. The number of nitrogens with one attached hydrogen (secondary N) is 1. The van der Waals surface area contributed by atoms with Gasteiger partial charge in [-0.3, -0.25) is 4.79 Å². The quantitative estimate of drug-likeness (QED) is 0.818. The third-order valence-electron chi connectivity index (χ3n) is 2.85. The van der Waals surface area contributed by atoms with Crippen molar-refractivity contribution in [3.63, 3.8) is 0 Å². The van der Waals surface area contributed by atoms with Gasteiger partial charge in [-0.15, -0.1) is 0 Å². The number of carbonyl (C=O) groups is 1. The first kappa shape index (κ1) is 13.3. The molecule has 19 heavy (non-hydrogen) atoms. The summed E-state index contributed by atoms with van der Waals surface area (Å²) in [6.45, 7) is 0.317. The lowest BCUT2D eigenvalue weighted by Crippen LogP contribution is -2.40. The zero-order chi connectivity index (χ0) is 13.5. The molecule has 0 spiro atoms. The number of amides is 1. The molecule has 1 amide bonds. The summed E-state index contributed by atoms with van der Waals surface area (Å²) in [7, 11) is 0. The van der Waals surface area contributed by atoms with Crippen LogP contribution in [0.1, 0.15) is 17.7 Å². The van der Waals surface area contributed by atoms with Crippen LogP contribution in [-0.2, 0) is 17.8 Å². The number of nitrogens with zero attached hydrogens (tertiary/aromatic N) is 1. The minimum absolute atomic E-state index is 0.174. The molecule has 1 aromatic heterocycles. The van der Waals surface area contributed by atoms with Crippen molar-refractivity contribution in [3.8, 4) is 0 Å². The first-order valence-electron chi connectivity index (χ1n) is 6.22. The number of rotatable bonds is 6. The highest BCUT2D eigenvalue weighted by Crippen LogP contribution is 2.04. The van der Waals surface area contributed by atoms with E-state index in [-0.39, 0.29) is 5.91 Å². The molecular weight excluding hydrogens is 242 g/mol. The molecule has 1 atom stereocenters. The maximum atomic E-state index is 11.8. The van der Waals surface area contributed by atoms with Crippen molar-refractivity contribution in [1.29, 1.82) is 0 Å². The van der Waals surface area contributed by atoms with E-state index in [0.29, 0.717) is 18.7 Å². The third-order valence-corrected chi connectivity index (χ3v) is 2.85. The van der Waals surface area contributed by atoms with Gasteiger partial charge < -0.3 is 15.6 Å². The van der Waals surface area contributed by atoms with Gasteiger partial charge in [-0.25, -0.2) is 0 Å². The molecule has 2 rings (SSSR count). The second kappa shape index (κ2) is 6.70. The van der Waals surface area contributed by atoms with Gasteiger partial charge in [0.1, 0.15) is 0 Å². The predicted octanol–water partition coefficient (Wildman–Crippen LogP) is 1.25. The predicted molar refractivity (Wildman–Crippen MR) is 71.1 cm³/mol. The number of aromatic nitrogens is 1. The molecule has 0 bridgehead atoms. The summed E-state index contributed by atoms with van der Waals surface area (Å²) in [5, 5.41) is 6.29. The average molecular weight is 259 g/mol. The molecular formula is C14H17N3O2. The van der Waals surface area contributed by atoms with Gasteiger partial charge in [-0.2, -0.15) is 0 Å². The van der Waals surface area contributed by atoms with E-state index in [1.165, 1.54) is 11.8 Å². The van der Waals surface area contributed by atoms with Crippen molar-refractivity contribution in [1.82, 2.24) is 10.5 Å². The van der Waals surface area contributed by atoms with Crippen LogP contribution < -0.4 is 11.1 Å². The Bertz CT molecular complexity index is 497. The SMILES string of the molecule is N[C@@H](CCc1ccccc1)C(=O)NCc1ccno1. The molecule has 0 saturated heterocycles. The molecule has 1 heterocycles. The first-order valence-corrected chi connectivity index (χ1v) is 6.22. The zero-order valence-electron chi connectivity index (χ0n) is 10.6. The van der Waals surface area contributed by atoms with Gasteiger partial charge in [-0.05, 0) is 18.4 Å². The van der Waals surface area contributed by atoms with E-state index in [1.54, 1.807) is 6.07 Å². The number of benzene rings is 1. The standard InChI is InChI=1S/C14H17N3O2/c15-13(7-6-11-4-2-1-3-5-11)14(18)16-10-12-8-9-17-19-12/h1-5,8-9,13H,6-7,10,15H2,(H,16,18)/t13-/m0/s1. The van der Waals surface area contributed by atoms with Gasteiger partial charge in [0.05, 0.1) is 18.8 Å². The van der Waals surface area contributed by atoms with Gasteiger partial charge in [-0.1, -0.05) is 35.5 Å². The molecule has 5 heteroatoms. The number of hydrogen-bond acceptors (Lipinski definition) is 4. The number of carbonyl (C=O) groups excluding carboxylic acids is 1. The summed E-state index contributed by atoms with van der Waals surface area (Å²) in [5.74, 6) is 0.441. The van der Waals surface area contributed by atoms with Gasteiger partial charge >= 0.3 is 0 Å². The second-order valence-electron chi connectivity index (χ2n) is 4.33. The van der Waals surface area contributed by atoms with Crippen molar-refractivity contribution in [2.45, 2.75) is 25.4 Å². The van der Waals surface area contributed by atoms with E-state index in [0.717, 1.165) is 6.42 Å². The Hall–Kier alpha value is -2.14. The van der Waals surface area contributed by atoms with Crippen LogP contribution in [0.2, 0.25) is 0 Å². The normalized spacial score (nSPS) is 12.1. The molecule has 100 valence electrons. The minimum Gasteiger partial charge on any atom is -0.360 e. The summed E-state index contributed by atoms with van der Waals surface area (Å²) in [4.78, 5) is 11.8. The molecule has 0 aliphatic rings. The largest absolute Gasteiger partial charge is 0.360 e. The smallest absolute Gasteiger partial charge is 0.237 e. The van der Waals surface area contributed by atoms with Crippen molar-refractivity contribution in [2.75, 3.05) is 0 Å². The van der Waals surface area contributed by atoms with Gasteiger partial charge in [0.15, 0.2) is 5.76 Å². The van der Waals surface area contributed by atoms with Crippen molar-refractivity contribution in [3.05, 3.63) is 53.9 Å². The van der Waals surface area contributed by atoms with E-state index in [4.69, 9.17) is 10.3 Å². The van der Waals surface area contributed by atoms with Crippen LogP contribution in [0.4, 0.5) is 0 Å². The van der Waals surface area contributed by atoms with Crippen LogP contribution >= 0.6 is 0 Å². The lowest BCUT2D eigenvalue weighted by molar-refractivity contribution is -0.122. The summed E-state index contributed by atoms with van der Waals surface area (Å²) in [6, 6.07) is 11.2. The Balaban J connectivity index is 1.73. The molecule has 1 aromatic carbocycles. The summed E-state index contributed by atoms with van der Waals surface area (Å²) in [6.07, 6.45) is 2.95. The topological polar surface area (TPSA) is 81.2 Å². The Labute approximate surface area is 111 Å². The van der Waals surface area contributed by atoms with Crippen LogP contribution in [-0.4, -0.2) is 17.1 Å². The molecule has 5 nitrogen and oxygen atoms in total. The second-order valence-corrected chi connectivity index (χ2v) is 4.33. The Morgan fingerprint density at radius 2 is 2.11 bits per heavy atom. The molecule has 0 radical (unpaired) electrons. The Morgan fingerprint density at radius 1 is 1.32 bits per heavy atom. The maximum Gasteiger partial charge on any atom is 0.237 e. The minimum atomic E-state index is -0.511. The summed E-state index contributed by atoms with van der Waals surface area (Å²) in [5.41, 5.74) is 7.03. The van der Waals surface area contributed by atoms with E-state index >= 15 is 0 Å².